The molecule has 0 bridgehead atoms. The Kier molecular flexibility index (Phi) is 4.05. The fraction of sp³-hybridized carbons (Fsp3) is 0.143. The van der Waals surface area contributed by atoms with Crippen LogP contribution in [0.1, 0.15) is 10.4 Å². The molecule has 0 saturated carbocycles. The highest BCUT2D eigenvalue weighted by atomic mass is 16.5. The fourth-order valence-corrected chi connectivity index (χ4v) is 1.61. The van der Waals surface area contributed by atoms with Gasteiger partial charge >= 0.3 is 0 Å². The second-order valence-corrected chi connectivity index (χ2v) is 3.93. The summed E-state index contributed by atoms with van der Waals surface area (Å²) in [6.45, 7) is 0. The molecular formula is C14H14N2O4. The molecule has 0 spiro atoms. The molecule has 0 aliphatic carbocycles. The van der Waals surface area contributed by atoms with Gasteiger partial charge in [0.1, 0.15) is 11.5 Å². The molecule has 0 atom stereocenters. The van der Waals surface area contributed by atoms with Crippen molar-refractivity contribution < 1.29 is 19.4 Å². The number of pyridine rings is 1. The number of aromatic hydroxyl groups is 1. The number of anilines is 1. The molecule has 0 unspecified atom stereocenters. The molecule has 0 aliphatic rings. The quantitative estimate of drug-likeness (QED) is 0.892. The van der Waals surface area contributed by atoms with Gasteiger partial charge in [-0.2, -0.15) is 0 Å². The van der Waals surface area contributed by atoms with E-state index in [1.54, 1.807) is 24.3 Å². The van der Waals surface area contributed by atoms with Gasteiger partial charge in [-0.25, -0.2) is 4.98 Å². The standard InChI is InChI=1S/C14H14N2O4/c1-19-10-6-9(7-11(8-10)20-2)14(18)16-13-12(17)4-3-5-15-13/h3-8,17H,1-2H3,(H,15,16,18). The second-order valence-electron chi connectivity index (χ2n) is 3.93. The van der Waals surface area contributed by atoms with Crippen molar-refractivity contribution in [3.63, 3.8) is 0 Å². The van der Waals surface area contributed by atoms with E-state index in [2.05, 4.69) is 10.3 Å². The van der Waals surface area contributed by atoms with Gasteiger partial charge in [-0.3, -0.25) is 4.79 Å². The SMILES string of the molecule is COc1cc(OC)cc(C(=O)Nc2ncccc2O)c1. The van der Waals surface area contributed by atoms with Gasteiger partial charge in [-0.1, -0.05) is 0 Å². The van der Waals surface area contributed by atoms with Crippen LogP contribution in [-0.2, 0) is 0 Å². The number of methoxy groups -OCH3 is 2. The summed E-state index contributed by atoms with van der Waals surface area (Å²) in [5.41, 5.74) is 0.339. The van der Waals surface area contributed by atoms with Crippen molar-refractivity contribution in [3.8, 4) is 17.2 Å². The second kappa shape index (κ2) is 5.92. The molecule has 2 aromatic rings. The highest BCUT2D eigenvalue weighted by molar-refractivity contribution is 6.04. The monoisotopic (exact) mass is 274 g/mol. The summed E-state index contributed by atoms with van der Waals surface area (Å²) >= 11 is 0. The predicted octanol–water partition coefficient (Wildman–Crippen LogP) is 2.06. The maximum Gasteiger partial charge on any atom is 0.257 e. The van der Waals surface area contributed by atoms with Crippen LogP contribution in [0.25, 0.3) is 0 Å². The van der Waals surface area contributed by atoms with Crippen molar-refractivity contribution >= 4 is 11.7 Å². The Bertz CT molecular complexity index is 606. The summed E-state index contributed by atoms with van der Waals surface area (Å²) in [6, 6.07) is 7.80. The lowest BCUT2D eigenvalue weighted by Gasteiger charge is -2.09. The highest BCUT2D eigenvalue weighted by Crippen LogP contribution is 2.24. The number of hydrogen-bond donors (Lipinski definition) is 2. The zero-order valence-electron chi connectivity index (χ0n) is 11.1. The van der Waals surface area contributed by atoms with Crippen LogP contribution < -0.4 is 14.8 Å². The molecule has 1 aromatic carbocycles. The van der Waals surface area contributed by atoms with Crippen molar-refractivity contribution in [3.05, 3.63) is 42.1 Å². The van der Waals surface area contributed by atoms with E-state index in [1.807, 2.05) is 0 Å². The lowest BCUT2D eigenvalue weighted by molar-refractivity contribution is 0.102. The predicted molar refractivity (Wildman–Crippen MR) is 73.4 cm³/mol. The molecule has 6 nitrogen and oxygen atoms in total. The van der Waals surface area contributed by atoms with E-state index in [0.29, 0.717) is 17.1 Å². The van der Waals surface area contributed by atoms with E-state index in [9.17, 15) is 9.90 Å². The first-order valence-electron chi connectivity index (χ1n) is 5.82. The first-order chi connectivity index (χ1) is 9.63. The number of rotatable bonds is 4. The number of nitrogens with zero attached hydrogens (tertiary/aromatic N) is 1. The van der Waals surface area contributed by atoms with Crippen LogP contribution in [-0.4, -0.2) is 30.2 Å². The first kappa shape index (κ1) is 13.7. The Morgan fingerprint density at radius 2 is 1.85 bits per heavy atom. The molecule has 2 rings (SSSR count). The normalized spacial score (nSPS) is 9.90. The number of ether oxygens (including phenoxy) is 2. The lowest BCUT2D eigenvalue weighted by atomic mass is 10.2. The molecule has 0 aliphatic heterocycles. The largest absolute Gasteiger partial charge is 0.504 e. The molecule has 0 saturated heterocycles. The van der Waals surface area contributed by atoms with Crippen LogP contribution in [0.15, 0.2) is 36.5 Å². The minimum absolute atomic E-state index is 0.0966. The number of aromatic nitrogens is 1. The molecule has 104 valence electrons. The van der Waals surface area contributed by atoms with Gasteiger partial charge in [0, 0.05) is 17.8 Å². The summed E-state index contributed by atoms with van der Waals surface area (Å²) in [6.07, 6.45) is 1.47. The minimum atomic E-state index is -0.420. The molecule has 1 aromatic heterocycles. The Balaban J connectivity index is 2.27. The lowest BCUT2D eigenvalue weighted by Crippen LogP contribution is -2.13. The van der Waals surface area contributed by atoms with E-state index in [-0.39, 0.29) is 11.6 Å². The van der Waals surface area contributed by atoms with Gasteiger partial charge in [0.15, 0.2) is 11.6 Å². The number of carbonyl (C=O) groups excluding carboxylic acids is 1. The maximum atomic E-state index is 12.1. The molecule has 20 heavy (non-hydrogen) atoms. The highest BCUT2D eigenvalue weighted by Gasteiger charge is 2.12. The third kappa shape index (κ3) is 2.97. The van der Waals surface area contributed by atoms with Crippen molar-refractivity contribution in [2.75, 3.05) is 19.5 Å². The van der Waals surface area contributed by atoms with Crippen molar-refractivity contribution in [1.29, 1.82) is 0 Å². The van der Waals surface area contributed by atoms with E-state index in [1.165, 1.54) is 26.5 Å². The Morgan fingerprint density at radius 1 is 1.20 bits per heavy atom. The van der Waals surface area contributed by atoms with Crippen LogP contribution in [0.3, 0.4) is 0 Å². The topological polar surface area (TPSA) is 80.7 Å². The number of nitrogens with one attached hydrogen (secondary N) is 1. The van der Waals surface area contributed by atoms with Crippen LogP contribution in [0.5, 0.6) is 17.2 Å². The van der Waals surface area contributed by atoms with Gasteiger partial charge in [-0.05, 0) is 24.3 Å². The van der Waals surface area contributed by atoms with Gasteiger partial charge in [0.25, 0.3) is 5.91 Å². The Morgan fingerprint density at radius 3 is 2.40 bits per heavy atom. The number of benzene rings is 1. The van der Waals surface area contributed by atoms with Crippen LogP contribution in [0.2, 0.25) is 0 Å². The van der Waals surface area contributed by atoms with Gasteiger partial charge in [0.2, 0.25) is 0 Å². The maximum absolute atomic E-state index is 12.1. The summed E-state index contributed by atoms with van der Waals surface area (Å²) < 4.78 is 10.2. The molecule has 0 radical (unpaired) electrons. The molecule has 1 amide bonds. The molecular weight excluding hydrogens is 260 g/mol. The van der Waals surface area contributed by atoms with E-state index < -0.39 is 5.91 Å². The average molecular weight is 274 g/mol. The molecule has 2 N–H and O–H groups in total. The van der Waals surface area contributed by atoms with Crippen LogP contribution in [0.4, 0.5) is 5.82 Å². The number of amides is 1. The smallest absolute Gasteiger partial charge is 0.257 e. The average Bonchev–Trinajstić information content (AvgIpc) is 2.48. The summed E-state index contributed by atoms with van der Waals surface area (Å²) in [7, 11) is 3.00. The summed E-state index contributed by atoms with van der Waals surface area (Å²) in [4.78, 5) is 16.0. The fourth-order valence-electron chi connectivity index (χ4n) is 1.61. The first-order valence-corrected chi connectivity index (χ1v) is 5.82. The minimum Gasteiger partial charge on any atom is -0.504 e. The zero-order valence-corrected chi connectivity index (χ0v) is 11.1. The van der Waals surface area contributed by atoms with Crippen molar-refractivity contribution in [2.24, 2.45) is 0 Å². The van der Waals surface area contributed by atoms with Crippen LogP contribution in [0, 0.1) is 0 Å². The third-order valence-corrected chi connectivity index (χ3v) is 2.63. The van der Waals surface area contributed by atoms with Crippen LogP contribution >= 0.6 is 0 Å². The third-order valence-electron chi connectivity index (χ3n) is 2.63. The van der Waals surface area contributed by atoms with E-state index in [4.69, 9.17) is 9.47 Å². The van der Waals surface area contributed by atoms with E-state index in [0.717, 1.165) is 0 Å². The molecule has 6 heteroatoms. The summed E-state index contributed by atoms with van der Waals surface area (Å²) in [5.74, 6) is 0.575. The Labute approximate surface area is 116 Å². The van der Waals surface area contributed by atoms with Gasteiger partial charge < -0.3 is 19.9 Å². The van der Waals surface area contributed by atoms with Crippen molar-refractivity contribution in [1.82, 2.24) is 4.98 Å². The molecule has 1 heterocycles. The number of carbonyl (C=O) groups is 1. The Hall–Kier alpha value is -2.76. The molecule has 0 fully saturated rings. The number of hydrogen-bond acceptors (Lipinski definition) is 5. The van der Waals surface area contributed by atoms with E-state index >= 15 is 0 Å². The zero-order chi connectivity index (χ0) is 14.5. The van der Waals surface area contributed by atoms with Gasteiger partial charge in [-0.15, -0.1) is 0 Å². The summed E-state index contributed by atoms with van der Waals surface area (Å²) in [5, 5.41) is 12.1. The van der Waals surface area contributed by atoms with Crippen molar-refractivity contribution in [2.45, 2.75) is 0 Å². The van der Waals surface area contributed by atoms with Gasteiger partial charge in [0.05, 0.1) is 14.2 Å².